The van der Waals surface area contributed by atoms with Crippen molar-refractivity contribution in [1.82, 2.24) is 0 Å². The molecule has 0 saturated carbocycles. The number of ether oxygens (including phenoxy) is 3. The van der Waals surface area contributed by atoms with E-state index in [1.165, 1.54) is 38.5 Å². The summed E-state index contributed by atoms with van der Waals surface area (Å²) < 4.78 is 17.0. The van der Waals surface area contributed by atoms with Crippen LogP contribution in [0.4, 0.5) is 0 Å². The lowest BCUT2D eigenvalue weighted by Crippen LogP contribution is -2.55. The van der Waals surface area contributed by atoms with Crippen molar-refractivity contribution < 1.29 is 38.2 Å². The second kappa shape index (κ2) is 30.9. The maximum Gasteiger partial charge on any atom is 0.306 e. The highest BCUT2D eigenvalue weighted by molar-refractivity contribution is 5.70. The van der Waals surface area contributed by atoms with E-state index in [2.05, 4.69) is 50.3 Å². The lowest BCUT2D eigenvalue weighted by molar-refractivity contribution is -0.889. The van der Waals surface area contributed by atoms with Gasteiger partial charge in [-0.1, -0.05) is 115 Å². The fourth-order valence-electron chi connectivity index (χ4n) is 5.14. The number of allylic oxidation sites excluding steroid dienone is 6. The average Bonchev–Trinajstić information content (AvgIpc) is 3.01. The zero-order valence-electron chi connectivity index (χ0n) is 30.7. The van der Waals surface area contributed by atoms with Crippen LogP contribution >= 0.6 is 0 Å². The van der Waals surface area contributed by atoms with Crippen molar-refractivity contribution in [3.8, 4) is 0 Å². The summed E-state index contributed by atoms with van der Waals surface area (Å²) in [5, 5.41) is 11.6. The Bertz CT molecular complexity index is 875. The van der Waals surface area contributed by atoms with E-state index < -0.39 is 18.1 Å². The summed E-state index contributed by atoms with van der Waals surface area (Å²) in [6, 6.07) is -0.726. The molecular weight excluding hydrogens is 594 g/mol. The normalized spacial score (nSPS) is 13.5. The first-order chi connectivity index (χ1) is 22.6. The van der Waals surface area contributed by atoms with Gasteiger partial charge >= 0.3 is 11.9 Å². The van der Waals surface area contributed by atoms with Crippen LogP contribution in [0.5, 0.6) is 0 Å². The van der Waals surface area contributed by atoms with Gasteiger partial charge < -0.3 is 28.6 Å². The molecule has 8 nitrogen and oxygen atoms in total. The van der Waals surface area contributed by atoms with E-state index in [-0.39, 0.29) is 42.7 Å². The summed E-state index contributed by atoms with van der Waals surface area (Å²) >= 11 is 0. The van der Waals surface area contributed by atoms with Crippen molar-refractivity contribution >= 4 is 17.9 Å². The van der Waals surface area contributed by atoms with E-state index in [1.54, 1.807) is 21.1 Å². The van der Waals surface area contributed by atoms with Crippen molar-refractivity contribution in [2.24, 2.45) is 0 Å². The molecule has 0 aliphatic rings. The molecule has 0 heterocycles. The zero-order valence-corrected chi connectivity index (χ0v) is 30.7. The molecule has 0 radical (unpaired) electrons. The Labute approximate surface area is 287 Å². The Morgan fingerprint density at radius 2 is 1.19 bits per heavy atom. The Kier molecular flexibility index (Phi) is 29.2. The number of rotatable bonds is 32. The third kappa shape index (κ3) is 29.4. The van der Waals surface area contributed by atoms with E-state index in [1.807, 2.05) is 0 Å². The number of hydrogen-bond acceptors (Lipinski definition) is 7. The van der Waals surface area contributed by atoms with E-state index in [9.17, 15) is 19.5 Å². The van der Waals surface area contributed by atoms with Gasteiger partial charge in [-0.15, -0.1) is 0 Å². The fraction of sp³-hybridized carbons (Fsp3) is 0.769. The number of carbonyl (C=O) groups is 3. The van der Waals surface area contributed by atoms with Gasteiger partial charge in [0.1, 0.15) is 12.6 Å². The van der Waals surface area contributed by atoms with Crippen molar-refractivity contribution in [3.63, 3.8) is 0 Å². The number of aliphatic carboxylic acids is 1. The van der Waals surface area contributed by atoms with E-state index in [4.69, 9.17) is 14.2 Å². The summed E-state index contributed by atoms with van der Waals surface area (Å²) in [6.45, 7) is 4.48. The minimum absolute atomic E-state index is 0.0327. The van der Waals surface area contributed by atoms with Gasteiger partial charge in [0.15, 0.2) is 6.10 Å². The second-order valence-corrected chi connectivity index (χ2v) is 13.4. The largest absolute Gasteiger partial charge is 0.544 e. The molecule has 2 atom stereocenters. The Morgan fingerprint density at radius 3 is 1.77 bits per heavy atom. The SMILES string of the molecule is CC/C=C/C/C=C/C/C=C/CCCCCCC(=O)OC(COCCC(C(=O)[O-])[N+](C)(C)C)COC(=O)CCCCCCCCCCC. The molecular formula is C39H69NO7. The molecule has 47 heavy (non-hydrogen) atoms. The first kappa shape index (κ1) is 44.5. The summed E-state index contributed by atoms with van der Waals surface area (Å²) in [7, 11) is 5.38. The molecule has 8 heteroatoms. The van der Waals surface area contributed by atoms with Crippen LogP contribution in [0.2, 0.25) is 0 Å². The maximum atomic E-state index is 12.6. The van der Waals surface area contributed by atoms with Gasteiger partial charge in [-0.3, -0.25) is 9.59 Å². The molecule has 0 aliphatic carbocycles. The van der Waals surface area contributed by atoms with Gasteiger partial charge in [-0.2, -0.15) is 0 Å². The number of carbonyl (C=O) groups excluding carboxylic acids is 3. The molecule has 0 saturated heterocycles. The lowest BCUT2D eigenvalue weighted by Gasteiger charge is -2.34. The summed E-state index contributed by atoms with van der Waals surface area (Å²) in [4.78, 5) is 36.5. The summed E-state index contributed by atoms with van der Waals surface area (Å²) in [5.41, 5.74) is 0. The summed E-state index contributed by atoms with van der Waals surface area (Å²) in [6.07, 6.45) is 31.7. The molecule has 0 bridgehead atoms. The minimum Gasteiger partial charge on any atom is -0.544 e. The van der Waals surface area contributed by atoms with Gasteiger partial charge in [0, 0.05) is 19.3 Å². The van der Waals surface area contributed by atoms with E-state index in [0.717, 1.165) is 70.6 Å². The quantitative estimate of drug-likeness (QED) is 0.0313. The Balaban J connectivity index is 4.48. The highest BCUT2D eigenvalue weighted by atomic mass is 16.6. The zero-order chi connectivity index (χ0) is 35.0. The van der Waals surface area contributed by atoms with Gasteiger partial charge in [-0.25, -0.2) is 0 Å². The third-order valence-electron chi connectivity index (χ3n) is 8.04. The molecule has 0 N–H and O–H groups in total. The van der Waals surface area contributed by atoms with Gasteiger partial charge in [0.2, 0.25) is 0 Å². The highest BCUT2D eigenvalue weighted by Crippen LogP contribution is 2.13. The minimum atomic E-state index is -1.13. The molecule has 0 rings (SSSR count). The second-order valence-electron chi connectivity index (χ2n) is 13.4. The van der Waals surface area contributed by atoms with Gasteiger partial charge in [0.05, 0.1) is 40.3 Å². The topological polar surface area (TPSA) is 102 Å². The van der Waals surface area contributed by atoms with E-state index in [0.29, 0.717) is 12.8 Å². The number of esters is 2. The monoisotopic (exact) mass is 664 g/mol. The van der Waals surface area contributed by atoms with E-state index >= 15 is 0 Å². The molecule has 0 fully saturated rings. The number of carboxylic acids is 1. The Hall–Kier alpha value is -2.45. The molecule has 0 amide bonds. The van der Waals surface area contributed by atoms with Crippen LogP contribution in [0.25, 0.3) is 0 Å². The van der Waals surface area contributed by atoms with Crippen molar-refractivity contribution in [1.29, 1.82) is 0 Å². The molecule has 0 aromatic carbocycles. The number of likely N-dealkylation sites (N-methyl/N-ethyl adjacent to an activating group) is 1. The van der Waals surface area contributed by atoms with Crippen LogP contribution < -0.4 is 5.11 Å². The number of carboxylic acid groups (broad SMARTS) is 1. The van der Waals surface area contributed by atoms with Gasteiger partial charge in [-0.05, 0) is 44.9 Å². The highest BCUT2D eigenvalue weighted by Gasteiger charge is 2.25. The standard InChI is InChI=1S/C39H69NO7/c1-6-8-10-12-14-16-17-18-19-20-22-24-26-28-30-38(42)47-35(33-45-32-31-36(39(43)44)40(3,4)5)34-46-37(41)29-27-25-23-21-15-13-11-9-7-2/h8,10,14,16,18-19,35-36H,6-7,9,11-13,15,17,20-34H2,1-5H3/b10-8+,16-14+,19-18+. The molecule has 0 spiro atoms. The van der Waals surface area contributed by atoms with Crippen LogP contribution in [0.1, 0.15) is 142 Å². The lowest BCUT2D eigenvalue weighted by atomic mass is 10.1. The smallest absolute Gasteiger partial charge is 0.306 e. The van der Waals surface area contributed by atoms with Gasteiger partial charge in [0.25, 0.3) is 0 Å². The first-order valence-electron chi connectivity index (χ1n) is 18.5. The number of quaternary nitrogens is 1. The molecule has 0 aliphatic heterocycles. The number of nitrogens with zero attached hydrogens (tertiary/aromatic N) is 1. The van der Waals surface area contributed by atoms with Crippen molar-refractivity contribution in [2.75, 3.05) is 41.0 Å². The van der Waals surface area contributed by atoms with Crippen LogP contribution in [-0.2, 0) is 28.6 Å². The van der Waals surface area contributed by atoms with Crippen LogP contribution in [0.15, 0.2) is 36.5 Å². The van der Waals surface area contributed by atoms with Crippen molar-refractivity contribution in [3.05, 3.63) is 36.5 Å². The van der Waals surface area contributed by atoms with Crippen LogP contribution in [0, 0.1) is 0 Å². The fourth-order valence-corrected chi connectivity index (χ4v) is 5.14. The molecule has 2 unspecified atom stereocenters. The predicted octanol–water partition coefficient (Wildman–Crippen LogP) is 7.79. The van der Waals surface area contributed by atoms with Crippen LogP contribution in [-0.4, -0.2) is 75.5 Å². The maximum absolute atomic E-state index is 12.6. The molecule has 272 valence electrons. The third-order valence-corrected chi connectivity index (χ3v) is 8.04. The number of unbranched alkanes of at least 4 members (excludes halogenated alkanes) is 12. The summed E-state index contributed by atoms with van der Waals surface area (Å²) in [5.74, 6) is -1.77. The number of hydrogen-bond donors (Lipinski definition) is 0. The average molecular weight is 664 g/mol. The van der Waals surface area contributed by atoms with Crippen molar-refractivity contribution in [2.45, 2.75) is 154 Å². The molecule has 0 aromatic heterocycles. The van der Waals surface area contributed by atoms with Crippen LogP contribution in [0.3, 0.4) is 0 Å². The predicted molar refractivity (Wildman–Crippen MR) is 190 cm³/mol. The first-order valence-corrected chi connectivity index (χ1v) is 18.5. The molecule has 0 aromatic rings. The Morgan fingerprint density at radius 1 is 0.660 bits per heavy atom.